The van der Waals surface area contributed by atoms with E-state index in [-0.39, 0.29) is 0 Å². The number of aryl methyl sites for hydroxylation is 1. The Morgan fingerprint density at radius 3 is 2.37 bits per heavy atom. The molecule has 0 amide bonds. The summed E-state index contributed by atoms with van der Waals surface area (Å²) in [5, 5.41) is 3.88. The van der Waals surface area contributed by atoms with Crippen molar-refractivity contribution in [3.8, 4) is 0 Å². The maximum atomic E-state index is 3.88. The van der Waals surface area contributed by atoms with Crippen LogP contribution in [0, 0.1) is 0 Å². The van der Waals surface area contributed by atoms with Crippen LogP contribution >= 0.6 is 0 Å². The number of rotatable bonds is 2. The fourth-order valence-electron chi connectivity index (χ4n) is 3.74. The lowest BCUT2D eigenvalue weighted by Crippen LogP contribution is -2.22. The summed E-state index contributed by atoms with van der Waals surface area (Å²) in [6.07, 6.45) is 15.2. The van der Waals surface area contributed by atoms with Gasteiger partial charge in [-0.15, -0.1) is 0 Å². The van der Waals surface area contributed by atoms with Gasteiger partial charge in [0.25, 0.3) is 0 Å². The average Bonchev–Trinajstić information content (AvgIpc) is 2.42. The fraction of sp³-hybridized carbons (Fsp3) is 0.667. The third kappa shape index (κ3) is 3.32. The molecule has 2 aliphatic carbocycles. The Balaban J connectivity index is 1.71. The molecule has 0 atom stereocenters. The monoisotopic (exact) mass is 257 g/mol. The van der Waals surface area contributed by atoms with Gasteiger partial charge in [0.05, 0.1) is 0 Å². The van der Waals surface area contributed by atoms with Gasteiger partial charge in [0.2, 0.25) is 0 Å². The topological polar surface area (TPSA) is 12.0 Å². The lowest BCUT2D eigenvalue weighted by Gasteiger charge is -2.26. The van der Waals surface area contributed by atoms with Gasteiger partial charge in [-0.2, -0.15) is 0 Å². The van der Waals surface area contributed by atoms with Gasteiger partial charge in [0.1, 0.15) is 0 Å². The first-order chi connectivity index (χ1) is 9.43. The van der Waals surface area contributed by atoms with Crippen LogP contribution in [0.4, 0.5) is 5.69 Å². The normalized spacial score (nSPS) is 21.3. The van der Waals surface area contributed by atoms with Crippen molar-refractivity contribution in [1.29, 1.82) is 0 Å². The lowest BCUT2D eigenvalue weighted by molar-refractivity contribution is 0.471. The van der Waals surface area contributed by atoms with E-state index in [4.69, 9.17) is 0 Å². The summed E-state index contributed by atoms with van der Waals surface area (Å²) in [5.41, 5.74) is 4.67. The Bertz CT molecular complexity index is 402. The molecular formula is C18H27N. The second-order valence-electron chi connectivity index (χ2n) is 6.34. The minimum absolute atomic E-state index is 0.716. The minimum Gasteiger partial charge on any atom is -0.382 e. The highest BCUT2D eigenvalue weighted by Gasteiger charge is 2.16. The van der Waals surface area contributed by atoms with Crippen LogP contribution in [0.1, 0.15) is 68.9 Å². The maximum Gasteiger partial charge on any atom is 0.0377 e. The molecule has 1 nitrogen and oxygen atoms in total. The Kier molecular flexibility index (Phi) is 4.42. The van der Waals surface area contributed by atoms with Crippen molar-refractivity contribution in [2.75, 3.05) is 5.32 Å². The molecule has 0 saturated heterocycles. The van der Waals surface area contributed by atoms with Crippen LogP contribution in [0.5, 0.6) is 0 Å². The summed E-state index contributed by atoms with van der Waals surface area (Å²) < 4.78 is 0. The van der Waals surface area contributed by atoms with Gasteiger partial charge < -0.3 is 5.32 Å². The van der Waals surface area contributed by atoms with Gasteiger partial charge in [-0.1, -0.05) is 44.2 Å². The summed E-state index contributed by atoms with van der Waals surface area (Å²) in [5.74, 6) is 0. The molecule has 1 aromatic rings. The molecular weight excluding hydrogens is 230 g/mol. The average molecular weight is 257 g/mol. The molecule has 1 heteroatoms. The third-order valence-electron chi connectivity index (χ3n) is 4.86. The van der Waals surface area contributed by atoms with Crippen molar-refractivity contribution in [2.24, 2.45) is 0 Å². The highest BCUT2D eigenvalue weighted by atomic mass is 14.9. The predicted molar refractivity (Wildman–Crippen MR) is 82.8 cm³/mol. The highest BCUT2D eigenvalue weighted by Crippen LogP contribution is 2.29. The van der Waals surface area contributed by atoms with E-state index in [0.717, 1.165) is 0 Å². The number of anilines is 1. The molecule has 19 heavy (non-hydrogen) atoms. The number of hydrogen-bond acceptors (Lipinski definition) is 1. The van der Waals surface area contributed by atoms with E-state index in [1.165, 1.54) is 76.3 Å². The van der Waals surface area contributed by atoms with Gasteiger partial charge in [0, 0.05) is 11.7 Å². The smallest absolute Gasteiger partial charge is 0.0377 e. The van der Waals surface area contributed by atoms with E-state index in [2.05, 4.69) is 23.5 Å². The molecule has 2 aliphatic rings. The standard InChI is InChI=1S/C18H27N/c1-2-4-11-16(12-5-3-1)19-18-14-8-10-15-9-6-7-13-17(15)18/h8,10,14,16,19H,1-7,9,11-13H2. The van der Waals surface area contributed by atoms with Crippen LogP contribution in [0.2, 0.25) is 0 Å². The van der Waals surface area contributed by atoms with Crippen LogP contribution in [-0.4, -0.2) is 6.04 Å². The van der Waals surface area contributed by atoms with Crippen LogP contribution in [0.25, 0.3) is 0 Å². The molecule has 104 valence electrons. The Labute approximate surface area is 117 Å². The molecule has 1 N–H and O–H groups in total. The second-order valence-corrected chi connectivity index (χ2v) is 6.34. The Morgan fingerprint density at radius 1 is 0.789 bits per heavy atom. The summed E-state index contributed by atoms with van der Waals surface area (Å²) in [7, 11) is 0. The summed E-state index contributed by atoms with van der Waals surface area (Å²) >= 11 is 0. The van der Waals surface area contributed by atoms with E-state index in [9.17, 15) is 0 Å². The van der Waals surface area contributed by atoms with E-state index < -0.39 is 0 Å². The molecule has 1 fully saturated rings. The van der Waals surface area contributed by atoms with Gasteiger partial charge >= 0.3 is 0 Å². The van der Waals surface area contributed by atoms with E-state index in [1.807, 2.05) is 0 Å². The molecule has 0 radical (unpaired) electrons. The quantitative estimate of drug-likeness (QED) is 0.778. The first-order valence-electron chi connectivity index (χ1n) is 8.31. The van der Waals surface area contributed by atoms with Crippen LogP contribution in [0.15, 0.2) is 18.2 Å². The van der Waals surface area contributed by atoms with Crippen LogP contribution in [0.3, 0.4) is 0 Å². The Hall–Kier alpha value is -0.980. The molecule has 3 rings (SSSR count). The molecule has 1 aromatic carbocycles. The van der Waals surface area contributed by atoms with E-state index in [0.29, 0.717) is 6.04 Å². The fourth-order valence-corrected chi connectivity index (χ4v) is 3.74. The van der Waals surface area contributed by atoms with Crippen molar-refractivity contribution in [1.82, 2.24) is 0 Å². The largest absolute Gasteiger partial charge is 0.382 e. The van der Waals surface area contributed by atoms with Gasteiger partial charge in [-0.25, -0.2) is 0 Å². The van der Waals surface area contributed by atoms with Crippen LogP contribution < -0.4 is 5.32 Å². The molecule has 0 bridgehead atoms. The number of hydrogen-bond donors (Lipinski definition) is 1. The zero-order chi connectivity index (χ0) is 12.9. The summed E-state index contributed by atoms with van der Waals surface area (Å²) in [4.78, 5) is 0. The first-order valence-corrected chi connectivity index (χ1v) is 8.31. The van der Waals surface area contributed by atoms with Gasteiger partial charge in [-0.3, -0.25) is 0 Å². The molecule has 0 unspecified atom stereocenters. The van der Waals surface area contributed by atoms with Crippen LogP contribution in [-0.2, 0) is 12.8 Å². The third-order valence-corrected chi connectivity index (χ3v) is 4.86. The molecule has 1 saturated carbocycles. The summed E-state index contributed by atoms with van der Waals surface area (Å²) in [6, 6.07) is 7.60. The molecule has 0 spiro atoms. The molecule has 0 aromatic heterocycles. The van der Waals surface area contributed by atoms with E-state index in [1.54, 1.807) is 11.1 Å². The second kappa shape index (κ2) is 6.45. The molecule has 0 heterocycles. The van der Waals surface area contributed by atoms with Crippen molar-refractivity contribution < 1.29 is 0 Å². The lowest BCUT2D eigenvalue weighted by atomic mass is 9.89. The summed E-state index contributed by atoms with van der Waals surface area (Å²) in [6.45, 7) is 0. The SMILES string of the molecule is c1cc2c(c(NC3CCCCCCC3)c1)CCCC2. The Morgan fingerprint density at radius 2 is 1.53 bits per heavy atom. The van der Waals surface area contributed by atoms with Crippen molar-refractivity contribution in [3.63, 3.8) is 0 Å². The highest BCUT2D eigenvalue weighted by molar-refractivity contribution is 5.56. The maximum absolute atomic E-state index is 3.88. The van der Waals surface area contributed by atoms with Crippen molar-refractivity contribution >= 4 is 5.69 Å². The number of benzene rings is 1. The van der Waals surface area contributed by atoms with Crippen molar-refractivity contribution in [2.45, 2.75) is 76.7 Å². The first kappa shape index (κ1) is 13.0. The zero-order valence-electron chi connectivity index (χ0n) is 12.1. The van der Waals surface area contributed by atoms with Gasteiger partial charge in [0.15, 0.2) is 0 Å². The minimum atomic E-state index is 0.716. The molecule has 0 aliphatic heterocycles. The number of nitrogens with one attached hydrogen (secondary N) is 1. The van der Waals surface area contributed by atoms with Crippen molar-refractivity contribution in [3.05, 3.63) is 29.3 Å². The number of fused-ring (bicyclic) bond motifs is 1. The van der Waals surface area contributed by atoms with E-state index >= 15 is 0 Å². The van der Waals surface area contributed by atoms with Gasteiger partial charge in [-0.05, 0) is 55.7 Å². The zero-order valence-corrected chi connectivity index (χ0v) is 12.1. The predicted octanol–water partition coefficient (Wildman–Crippen LogP) is 5.09.